The molecule has 0 saturated heterocycles. The van der Waals surface area contributed by atoms with Crippen molar-refractivity contribution in [1.82, 2.24) is 0 Å². The minimum atomic E-state index is 1.26. The Bertz CT molecular complexity index is 42.9. The van der Waals surface area contributed by atoms with Crippen LogP contribution in [0, 0.1) is 0 Å². The van der Waals surface area contributed by atoms with Crippen LogP contribution in [0.15, 0.2) is 0 Å². The normalized spacial score (nSPS) is 17.6. The van der Waals surface area contributed by atoms with Crippen LogP contribution >= 0.6 is 0 Å². The Morgan fingerprint density at radius 1 is 1.60 bits per heavy atom. The molecule has 0 saturated carbocycles. The topological polar surface area (TPSA) is 0 Å². The Labute approximate surface area is 33.7 Å². The molecule has 23 valence electrons. The van der Waals surface area contributed by atoms with Gasteiger partial charge in [-0.15, -0.1) is 0 Å². The molecule has 0 bridgehead atoms. The average molecular weight is 62.7 g/mol. The molecule has 0 N–H and O–H groups in total. The van der Waals surface area contributed by atoms with Crippen molar-refractivity contribution < 1.29 is 0 Å². The third kappa shape index (κ3) is 0.640. The van der Waals surface area contributed by atoms with E-state index < -0.39 is 0 Å². The fourth-order valence-corrected chi connectivity index (χ4v) is 0.481. The Kier molecular flexibility index (Phi) is 0.922. The summed E-state index contributed by atoms with van der Waals surface area (Å²) in [6.07, 6.45) is 2.53. The van der Waals surface area contributed by atoms with Gasteiger partial charge < -0.3 is 0 Å². The quantitative estimate of drug-likeness (QED) is 0.345. The molecule has 1 heterocycles. The van der Waals surface area contributed by atoms with Crippen LogP contribution in [-0.4, -0.2) is 19.9 Å². The van der Waals surface area contributed by atoms with Crippen LogP contribution in [0.2, 0.25) is 6.32 Å². The molecule has 1 aliphatic heterocycles. The standard InChI is InChI=1S/C3H5B2/c1-2-4-5-3-1/h2H,1,3H2. The van der Waals surface area contributed by atoms with E-state index in [1.807, 2.05) is 0 Å². The van der Waals surface area contributed by atoms with Gasteiger partial charge in [-0.25, -0.2) is 0 Å². The van der Waals surface area contributed by atoms with Gasteiger partial charge >= 0.3 is 32.7 Å². The molecule has 1 rings (SSSR count). The Morgan fingerprint density at radius 3 is 2.80 bits per heavy atom. The van der Waals surface area contributed by atoms with Crippen molar-refractivity contribution in [2.75, 3.05) is 0 Å². The van der Waals surface area contributed by atoms with E-state index >= 15 is 0 Å². The third-order valence-corrected chi connectivity index (χ3v) is 0.772. The van der Waals surface area contributed by atoms with E-state index in [4.69, 9.17) is 0 Å². The summed E-state index contributed by atoms with van der Waals surface area (Å²) in [7, 11) is 2.18. The van der Waals surface area contributed by atoms with Crippen molar-refractivity contribution in [3.05, 3.63) is 0 Å². The van der Waals surface area contributed by atoms with Crippen LogP contribution in [0.5, 0.6) is 0 Å². The molecule has 0 atom stereocenters. The predicted molar refractivity (Wildman–Crippen MR) is 27.0 cm³/mol. The molecule has 1 radical (unpaired) electrons. The van der Waals surface area contributed by atoms with Gasteiger partial charge in [-0.05, 0) is 0 Å². The molecule has 0 unspecified atom stereocenters. The van der Waals surface area contributed by atoms with Gasteiger partial charge in [-0.3, -0.25) is 0 Å². The van der Waals surface area contributed by atoms with Gasteiger partial charge in [0.2, 0.25) is 0 Å². The second kappa shape index (κ2) is 1.44. The van der Waals surface area contributed by atoms with Crippen molar-refractivity contribution in [3.8, 4) is 0 Å². The Hall–Kier alpha value is -0.000130. The van der Waals surface area contributed by atoms with E-state index in [1.54, 1.807) is 0 Å². The van der Waals surface area contributed by atoms with Gasteiger partial charge in [0.1, 0.15) is 0 Å². The molecule has 0 amide bonds. The summed E-state index contributed by atoms with van der Waals surface area (Å²) in [5, 5.41) is 0. The Morgan fingerprint density at radius 2 is 2.60 bits per heavy atom. The van der Waals surface area contributed by atoms with Crippen LogP contribution in [0.1, 0.15) is 6.42 Å². The average Bonchev–Trinajstić information content (AvgIpc) is 1.76. The molecule has 0 aromatic rings. The molecule has 0 aromatic carbocycles. The molecule has 0 nitrogen and oxygen atoms in total. The maximum absolute atomic E-state index is 2.18. The van der Waals surface area contributed by atoms with Crippen LogP contribution in [0.4, 0.5) is 0 Å². The van der Waals surface area contributed by atoms with Crippen molar-refractivity contribution in [2.24, 2.45) is 0 Å². The molecule has 2 heteroatoms. The summed E-state index contributed by atoms with van der Waals surface area (Å²) in [6, 6.07) is 0. The second-order valence-electron chi connectivity index (χ2n) is 1.24. The van der Waals surface area contributed by atoms with Gasteiger partial charge in [0.25, 0.3) is 0 Å². The third-order valence-electron chi connectivity index (χ3n) is 0.772. The fraction of sp³-hybridized carbons (Fsp3) is 0.667. The molecule has 0 aliphatic carbocycles. The molecular formula is C3H5B2. The zero-order chi connectivity index (χ0) is 3.54. The summed E-state index contributed by atoms with van der Waals surface area (Å²) < 4.78 is 0. The zero-order valence-electron chi connectivity index (χ0n) is 3.15. The van der Waals surface area contributed by atoms with Crippen LogP contribution in [-0.2, 0) is 0 Å². The molecule has 0 fully saturated rings. The summed E-state index contributed by atoms with van der Waals surface area (Å²) >= 11 is 0. The van der Waals surface area contributed by atoms with Crippen molar-refractivity contribution in [2.45, 2.75) is 12.7 Å². The molecule has 5 heavy (non-hydrogen) atoms. The maximum atomic E-state index is 2.18. The zero-order valence-corrected chi connectivity index (χ0v) is 3.15. The minimum absolute atomic E-state index is 1.26. The van der Waals surface area contributed by atoms with Crippen molar-refractivity contribution in [3.63, 3.8) is 0 Å². The van der Waals surface area contributed by atoms with E-state index in [0.717, 1.165) is 0 Å². The second-order valence-corrected chi connectivity index (χ2v) is 1.24. The first-order valence-corrected chi connectivity index (χ1v) is 1.98. The first-order valence-electron chi connectivity index (χ1n) is 1.98. The van der Waals surface area contributed by atoms with E-state index in [-0.39, 0.29) is 0 Å². The van der Waals surface area contributed by atoms with Gasteiger partial charge in [-0.2, -0.15) is 0 Å². The fourth-order valence-electron chi connectivity index (χ4n) is 0.481. The SMILES string of the molecule is [B]1B=CCC1. The summed E-state index contributed by atoms with van der Waals surface area (Å²) in [4.78, 5) is 0. The molecule has 1 aliphatic rings. The summed E-state index contributed by atoms with van der Waals surface area (Å²) in [6.45, 7) is 2.11. The summed E-state index contributed by atoms with van der Waals surface area (Å²) in [5.74, 6) is 2.18. The van der Waals surface area contributed by atoms with E-state index in [0.29, 0.717) is 0 Å². The van der Waals surface area contributed by atoms with Crippen molar-refractivity contribution in [1.29, 1.82) is 0 Å². The Balaban J connectivity index is 2.32. The number of rotatable bonds is 0. The first kappa shape index (κ1) is 3.20. The molecular weight excluding hydrogens is 57.7 g/mol. The van der Waals surface area contributed by atoms with Gasteiger partial charge in [0, 0.05) is 0 Å². The first-order chi connectivity index (χ1) is 2.50. The van der Waals surface area contributed by atoms with Crippen LogP contribution < -0.4 is 0 Å². The molecule has 0 spiro atoms. The monoisotopic (exact) mass is 63.1 g/mol. The number of hydrogen-bond acceptors (Lipinski definition) is 0. The molecule has 0 aromatic heterocycles. The van der Waals surface area contributed by atoms with Crippen LogP contribution in [0.3, 0.4) is 0 Å². The summed E-state index contributed by atoms with van der Waals surface area (Å²) in [5.41, 5.74) is 0. The van der Waals surface area contributed by atoms with Gasteiger partial charge in [0.15, 0.2) is 0 Å². The predicted octanol–water partition coefficient (Wildman–Crippen LogP) is -0.0660. The van der Waals surface area contributed by atoms with Gasteiger partial charge in [-0.1, -0.05) is 0 Å². The van der Waals surface area contributed by atoms with Crippen LogP contribution in [0.25, 0.3) is 0 Å². The van der Waals surface area contributed by atoms with E-state index in [2.05, 4.69) is 19.9 Å². The van der Waals surface area contributed by atoms with Gasteiger partial charge in [0.05, 0.1) is 0 Å². The van der Waals surface area contributed by atoms with E-state index in [9.17, 15) is 0 Å². The number of hydrogen-bond donors (Lipinski definition) is 0. The van der Waals surface area contributed by atoms with Crippen molar-refractivity contribution >= 4 is 19.9 Å². The van der Waals surface area contributed by atoms with E-state index in [1.165, 1.54) is 12.7 Å².